The Morgan fingerprint density at radius 3 is 2.46 bits per heavy atom. The molecule has 2 bridgehead atoms. The lowest BCUT2D eigenvalue weighted by Crippen LogP contribution is -2.50. The molecule has 2 aliphatic rings. The molecule has 0 radical (unpaired) electrons. The maximum absolute atomic E-state index is 14.0. The summed E-state index contributed by atoms with van der Waals surface area (Å²) in [7, 11) is 0. The summed E-state index contributed by atoms with van der Waals surface area (Å²) in [5.41, 5.74) is 6.94. The van der Waals surface area contributed by atoms with Crippen LogP contribution in [0.1, 0.15) is 51.5 Å². The summed E-state index contributed by atoms with van der Waals surface area (Å²) in [6.07, 6.45) is 5.34. The number of halogens is 1. The van der Waals surface area contributed by atoms with Gasteiger partial charge in [-0.1, -0.05) is 24.6 Å². The minimum atomic E-state index is -0.238. The fourth-order valence-electron chi connectivity index (χ4n) is 4.55. The molecule has 0 spiro atoms. The van der Waals surface area contributed by atoms with Crippen molar-refractivity contribution in [3.05, 3.63) is 35.6 Å². The minimum Gasteiger partial charge on any atom is -0.336 e. The smallest absolute Gasteiger partial charge is 0.226 e. The highest BCUT2D eigenvalue weighted by Gasteiger charge is 2.41. The predicted molar refractivity (Wildman–Crippen MR) is 93.6 cm³/mol. The van der Waals surface area contributed by atoms with Crippen molar-refractivity contribution in [2.45, 2.75) is 64.6 Å². The molecule has 0 saturated heterocycles. The van der Waals surface area contributed by atoms with Crippen LogP contribution in [0.15, 0.2) is 24.3 Å². The minimum absolute atomic E-state index is 0.0503. The van der Waals surface area contributed by atoms with E-state index in [2.05, 4.69) is 0 Å². The summed E-state index contributed by atoms with van der Waals surface area (Å²) < 4.78 is 14.0. The van der Waals surface area contributed by atoms with Crippen molar-refractivity contribution >= 4 is 5.91 Å². The third-order valence-corrected chi connectivity index (χ3v) is 5.97. The molecule has 24 heavy (non-hydrogen) atoms. The van der Waals surface area contributed by atoms with E-state index in [4.69, 9.17) is 5.73 Å². The van der Waals surface area contributed by atoms with Gasteiger partial charge >= 0.3 is 0 Å². The van der Waals surface area contributed by atoms with Gasteiger partial charge in [0.15, 0.2) is 0 Å². The molecule has 1 amide bonds. The van der Waals surface area contributed by atoms with Crippen molar-refractivity contribution in [3.63, 3.8) is 0 Å². The van der Waals surface area contributed by atoms with Crippen LogP contribution in [0.2, 0.25) is 0 Å². The number of rotatable bonds is 4. The summed E-state index contributed by atoms with van der Waals surface area (Å²) in [6, 6.07) is 7.07. The highest BCUT2D eigenvalue weighted by molar-refractivity contribution is 5.79. The Morgan fingerprint density at radius 1 is 1.25 bits per heavy atom. The highest BCUT2D eigenvalue weighted by atomic mass is 19.1. The molecule has 0 heterocycles. The van der Waals surface area contributed by atoms with Crippen LogP contribution in [0.4, 0.5) is 4.39 Å². The summed E-state index contributed by atoms with van der Waals surface area (Å²) in [4.78, 5) is 15.0. The Labute approximate surface area is 144 Å². The molecule has 2 saturated carbocycles. The number of nitrogens with zero attached hydrogens (tertiary/aromatic N) is 1. The zero-order chi connectivity index (χ0) is 17.3. The maximum Gasteiger partial charge on any atom is 0.226 e. The summed E-state index contributed by atoms with van der Waals surface area (Å²) in [5.74, 6) is 0.952. The fourth-order valence-corrected chi connectivity index (χ4v) is 4.55. The van der Waals surface area contributed by atoms with Crippen LogP contribution in [0, 0.1) is 23.6 Å². The SMILES string of the molecule is CC(C)N(Cc1ccccc1F)C(=O)C1CC2CCCC(C1)C2N. The lowest BCUT2D eigenvalue weighted by Gasteiger charge is -2.45. The van der Waals surface area contributed by atoms with Gasteiger partial charge in [0.1, 0.15) is 5.82 Å². The first-order chi connectivity index (χ1) is 11.5. The third-order valence-electron chi connectivity index (χ3n) is 5.97. The average Bonchev–Trinajstić information content (AvgIpc) is 2.53. The van der Waals surface area contributed by atoms with Gasteiger partial charge in [-0.3, -0.25) is 4.79 Å². The molecule has 132 valence electrons. The van der Waals surface area contributed by atoms with E-state index in [1.54, 1.807) is 12.1 Å². The van der Waals surface area contributed by atoms with Crippen LogP contribution in [-0.4, -0.2) is 22.9 Å². The molecular formula is C20H29FN2O. The molecule has 4 heteroatoms. The van der Waals surface area contributed by atoms with Gasteiger partial charge in [-0.25, -0.2) is 4.39 Å². The van der Waals surface area contributed by atoms with E-state index in [-0.39, 0.29) is 29.7 Å². The molecule has 1 aromatic rings. The van der Waals surface area contributed by atoms with Crippen LogP contribution in [0.25, 0.3) is 0 Å². The van der Waals surface area contributed by atoms with E-state index in [0.29, 0.717) is 23.9 Å². The first-order valence-electron chi connectivity index (χ1n) is 9.26. The van der Waals surface area contributed by atoms with Crippen LogP contribution in [0.5, 0.6) is 0 Å². The Bertz CT molecular complexity index is 575. The number of amides is 1. The van der Waals surface area contributed by atoms with Gasteiger partial charge in [0.25, 0.3) is 0 Å². The Hall–Kier alpha value is -1.42. The van der Waals surface area contributed by atoms with E-state index < -0.39 is 0 Å². The van der Waals surface area contributed by atoms with Gasteiger partial charge in [-0.05, 0) is 57.4 Å². The van der Waals surface area contributed by atoms with Gasteiger partial charge in [0, 0.05) is 30.1 Å². The van der Waals surface area contributed by atoms with Crippen molar-refractivity contribution in [3.8, 4) is 0 Å². The molecule has 2 fully saturated rings. The molecule has 0 aromatic heterocycles. The topological polar surface area (TPSA) is 46.3 Å². The molecule has 2 atom stereocenters. The number of hydrogen-bond acceptors (Lipinski definition) is 2. The number of hydrogen-bond donors (Lipinski definition) is 1. The molecule has 2 unspecified atom stereocenters. The van der Waals surface area contributed by atoms with Crippen LogP contribution >= 0.6 is 0 Å². The number of nitrogens with two attached hydrogens (primary N) is 1. The first-order valence-corrected chi connectivity index (χ1v) is 9.26. The van der Waals surface area contributed by atoms with E-state index >= 15 is 0 Å². The van der Waals surface area contributed by atoms with Gasteiger partial charge in [0.05, 0.1) is 0 Å². The molecule has 3 rings (SSSR count). The zero-order valence-electron chi connectivity index (χ0n) is 14.7. The van der Waals surface area contributed by atoms with Gasteiger partial charge in [-0.15, -0.1) is 0 Å². The van der Waals surface area contributed by atoms with E-state index in [1.807, 2.05) is 24.8 Å². The average molecular weight is 332 g/mol. The lowest BCUT2D eigenvalue weighted by atomic mass is 9.65. The van der Waals surface area contributed by atoms with Crippen LogP contribution in [-0.2, 0) is 11.3 Å². The zero-order valence-corrected chi connectivity index (χ0v) is 14.7. The third kappa shape index (κ3) is 3.49. The number of fused-ring (bicyclic) bond motifs is 2. The van der Waals surface area contributed by atoms with Crippen molar-refractivity contribution in [1.82, 2.24) is 4.90 Å². The Morgan fingerprint density at radius 2 is 1.88 bits per heavy atom. The van der Waals surface area contributed by atoms with E-state index in [1.165, 1.54) is 12.5 Å². The van der Waals surface area contributed by atoms with Gasteiger partial charge < -0.3 is 10.6 Å². The second-order valence-corrected chi connectivity index (χ2v) is 7.85. The predicted octanol–water partition coefficient (Wildman–Crippen LogP) is 3.72. The summed E-state index contributed by atoms with van der Waals surface area (Å²) in [6.45, 7) is 4.36. The summed E-state index contributed by atoms with van der Waals surface area (Å²) >= 11 is 0. The van der Waals surface area contributed by atoms with Gasteiger partial charge in [0.2, 0.25) is 5.91 Å². The van der Waals surface area contributed by atoms with Crippen molar-refractivity contribution in [2.24, 2.45) is 23.5 Å². The van der Waals surface area contributed by atoms with E-state index in [9.17, 15) is 9.18 Å². The molecule has 3 nitrogen and oxygen atoms in total. The number of carbonyl (C=O) groups is 1. The van der Waals surface area contributed by atoms with Crippen LogP contribution < -0.4 is 5.73 Å². The largest absolute Gasteiger partial charge is 0.336 e. The molecule has 0 aliphatic heterocycles. The monoisotopic (exact) mass is 332 g/mol. The van der Waals surface area contributed by atoms with Crippen molar-refractivity contribution in [2.75, 3.05) is 0 Å². The van der Waals surface area contributed by atoms with Crippen molar-refractivity contribution in [1.29, 1.82) is 0 Å². The number of carbonyl (C=O) groups excluding carboxylic acids is 1. The highest BCUT2D eigenvalue weighted by Crippen LogP contribution is 2.42. The Kier molecular flexibility index (Phi) is 5.24. The van der Waals surface area contributed by atoms with Crippen molar-refractivity contribution < 1.29 is 9.18 Å². The Balaban J connectivity index is 1.74. The molecule has 1 aromatic carbocycles. The molecule has 2 N–H and O–H groups in total. The normalized spacial score (nSPS) is 29.5. The lowest BCUT2D eigenvalue weighted by molar-refractivity contribution is -0.141. The number of benzene rings is 1. The summed E-state index contributed by atoms with van der Waals surface area (Å²) in [5, 5.41) is 0. The maximum atomic E-state index is 14.0. The second-order valence-electron chi connectivity index (χ2n) is 7.85. The van der Waals surface area contributed by atoms with Gasteiger partial charge in [-0.2, -0.15) is 0 Å². The second kappa shape index (κ2) is 7.22. The quantitative estimate of drug-likeness (QED) is 0.913. The molecular weight excluding hydrogens is 303 g/mol. The standard InChI is InChI=1S/C20H29FN2O/c1-13(2)23(12-16-6-3-4-9-18(16)21)20(24)17-10-14-7-5-8-15(11-17)19(14)22/h3-4,6,9,13-15,17,19H,5,7-8,10-12,22H2,1-2H3. The first kappa shape index (κ1) is 17.4. The van der Waals surface area contributed by atoms with Crippen LogP contribution in [0.3, 0.4) is 0 Å². The molecule has 2 aliphatic carbocycles. The van der Waals surface area contributed by atoms with E-state index in [0.717, 1.165) is 25.7 Å². The fraction of sp³-hybridized carbons (Fsp3) is 0.650.